The summed E-state index contributed by atoms with van der Waals surface area (Å²) in [6.07, 6.45) is -4.55. The highest BCUT2D eigenvalue weighted by Gasteiger charge is 2.33. The van der Waals surface area contributed by atoms with Crippen LogP contribution in [-0.4, -0.2) is 20.1 Å². The second-order valence-corrected chi connectivity index (χ2v) is 10.9. The zero-order valence-corrected chi connectivity index (χ0v) is 22.6. The summed E-state index contributed by atoms with van der Waals surface area (Å²) in [6, 6.07) is 16.9. The molecule has 0 fully saturated rings. The third kappa shape index (κ3) is 8.02. The lowest BCUT2D eigenvalue weighted by Gasteiger charge is -2.14. The van der Waals surface area contributed by atoms with Gasteiger partial charge in [0, 0.05) is 21.2 Å². The Bertz CT molecular complexity index is 1550. The van der Waals surface area contributed by atoms with Crippen molar-refractivity contribution in [2.75, 3.05) is 0 Å². The third-order valence-corrected chi connectivity index (χ3v) is 7.90. The molecule has 0 aliphatic heterocycles. The van der Waals surface area contributed by atoms with Crippen molar-refractivity contribution < 1.29 is 21.6 Å². The molecule has 0 amide bonds. The minimum atomic E-state index is -4.55. The standard InChI is InChI=1S/C26H22ClF3N4O2S2/c1-17-14-24(23(15-22(17)27)37-16-20-10-6-7-11-21(20)26(28,29)30)38(35,36)34-25(31)33-32-18(2)12-13-19-8-4-3-5-9-19/h3-11,14-15H,16H2,1-2H3,(H3,31,33,34)/b32-18+. The maximum atomic E-state index is 13.4. The van der Waals surface area contributed by atoms with Crippen molar-refractivity contribution in [2.24, 2.45) is 15.2 Å². The van der Waals surface area contributed by atoms with Crippen molar-refractivity contribution in [3.63, 3.8) is 0 Å². The first kappa shape index (κ1) is 29.1. The van der Waals surface area contributed by atoms with E-state index in [1.54, 1.807) is 13.8 Å². The molecule has 0 saturated carbocycles. The predicted octanol–water partition coefficient (Wildman–Crippen LogP) is 5.98. The number of sulfonamides is 1. The van der Waals surface area contributed by atoms with Crippen LogP contribution in [0.3, 0.4) is 0 Å². The van der Waals surface area contributed by atoms with Crippen molar-refractivity contribution in [1.82, 2.24) is 5.43 Å². The molecular weight excluding hydrogens is 557 g/mol. The maximum Gasteiger partial charge on any atom is 0.416 e. The second kappa shape index (κ2) is 12.4. The van der Waals surface area contributed by atoms with Crippen LogP contribution in [0.1, 0.15) is 29.2 Å². The molecular formula is C26H22ClF3N4O2S2. The molecule has 12 heteroatoms. The van der Waals surface area contributed by atoms with Crippen molar-refractivity contribution in [2.45, 2.75) is 35.6 Å². The van der Waals surface area contributed by atoms with Crippen LogP contribution in [0.5, 0.6) is 0 Å². The number of guanidine groups is 1. The van der Waals surface area contributed by atoms with E-state index in [1.165, 1.54) is 30.3 Å². The van der Waals surface area contributed by atoms with E-state index in [2.05, 4.69) is 26.8 Å². The lowest BCUT2D eigenvalue weighted by atomic mass is 10.1. The first-order valence-corrected chi connectivity index (χ1v) is 13.7. The first-order valence-electron chi connectivity index (χ1n) is 10.9. The molecule has 0 radical (unpaired) electrons. The van der Waals surface area contributed by atoms with Crippen molar-refractivity contribution >= 4 is 45.1 Å². The van der Waals surface area contributed by atoms with Crippen LogP contribution in [0.15, 0.2) is 86.0 Å². The SMILES string of the molecule is C/C(C#Cc1ccccc1)=N\NC(N)=NS(=O)(=O)c1cc(C)c(Cl)cc1SCc1ccccc1C(F)(F)F. The summed E-state index contributed by atoms with van der Waals surface area (Å²) < 4.78 is 69.9. The Hall–Kier alpha value is -3.46. The van der Waals surface area contributed by atoms with Gasteiger partial charge in [-0.25, -0.2) is 5.43 Å². The third-order valence-electron chi connectivity index (χ3n) is 4.93. The Labute approximate surface area is 228 Å². The largest absolute Gasteiger partial charge is 0.416 e. The van der Waals surface area contributed by atoms with Gasteiger partial charge in [-0.15, -0.1) is 16.2 Å². The molecule has 0 aliphatic rings. The molecule has 0 atom stereocenters. The van der Waals surface area contributed by atoms with Gasteiger partial charge in [-0.2, -0.15) is 26.7 Å². The number of hydrogen-bond donors (Lipinski definition) is 2. The number of aryl methyl sites for hydroxylation is 1. The topological polar surface area (TPSA) is 96.9 Å². The molecule has 0 heterocycles. The Morgan fingerprint density at radius 2 is 1.76 bits per heavy atom. The van der Waals surface area contributed by atoms with E-state index in [0.717, 1.165) is 23.4 Å². The van der Waals surface area contributed by atoms with Crippen LogP contribution in [0.4, 0.5) is 13.2 Å². The highest BCUT2D eigenvalue weighted by atomic mass is 35.5. The summed E-state index contributed by atoms with van der Waals surface area (Å²) in [7, 11) is -4.38. The van der Waals surface area contributed by atoms with Gasteiger partial charge < -0.3 is 5.73 Å². The van der Waals surface area contributed by atoms with Crippen molar-refractivity contribution in [3.8, 4) is 11.8 Å². The monoisotopic (exact) mass is 578 g/mol. The summed E-state index contributed by atoms with van der Waals surface area (Å²) in [5, 5.41) is 4.17. The predicted molar refractivity (Wildman–Crippen MR) is 146 cm³/mol. The molecule has 0 spiro atoms. The Kier molecular flexibility index (Phi) is 9.49. The fourth-order valence-corrected chi connectivity index (χ4v) is 5.80. The molecule has 38 heavy (non-hydrogen) atoms. The highest BCUT2D eigenvalue weighted by Crippen LogP contribution is 2.38. The van der Waals surface area contributed by atoms with Crippen LogP contribution in [0.2, 0.25) is 5.02 Å². The zero-order valence-electron chi connectivity index (χ0n) is 20.2. The fraction of sp³-hybridized carbons (Fsp3) is 0.154. The number of thioether (sulfide) groups is 1. The molecule has 3 aromatic carbocycles. The number of hydrogen-bond acceptors (Lipinski definition) is 4. The summed E-state index contributed by atoms with van der Waals surface area (Å²) in [5.41, 5.74) is 8.83. The summed E-state index contributed by atoms with van der Waals surface area (Å²) in [5.74, 6) is 5.02. The number of alkyl halides is 3. The highest BCUT2D eigenvalue weighted by molar-refractivity contribution is 7.99. The van der Waals surface area contributed by atoms with Gasteiger partial charge in [0.1, 0.15) is 10.6 Å². The molecule has 3 aromatic rings. The smallest absolute Gasteiger partial charge is 0.368 e. The molecule has 0 unspecified atom stereocenters. The van der Waals surface area contributed by atoms with Gasteiger partial charge >= 0.3 is 6.18 Å². The Morgan fingerprint density at radius 1 is 1.11 bits per heavy atom. The Morgan fingerprint density at radius 3 is 2.45 bits per heavy atom. The fourth-order valence-electron chi connectivity index (χ4n) is 3.08. The van der Waals surface area contributed by atoms with Gasteiger partial charge in [-0.05, 0) is 61.2 Å². The van der Waals surface area contributed by atoms with Crippen LogP contribution in [-0.2, 0) is 22.0 Å². The second-order valence-electron chi connectivity index (χ2n) is 7.87. The summed E-state index contributed by atoms with van der Waals surface area (Å²) >= 11 is 7.08. The number of hydrazone groups is 1. The molecule has 198 valence electrons. The summed E-state index contributed by atoms with van der Waals surface area (Å²) in [4.78, 5) is -0.120. The van der Waals surface area contributed by atoms with Crippen molar-refractivity contribution in [3.05, 3.63) is 94.0 Å². The van der Waals surface area contributed by atoms with Crippen LogP contribution < -0.4 is 11.2 Å². The molecule has 3 N–H and O–H groups in total. The van der Waals surface area contributed by atoms with Gasteiger partial charge in [-0.1, -0.05) is 53.9 Å². The average molecular weight is 579 g/mol. The average Bonchev–Trinajstić information content (AvgIpc) is 2.86. The normalized spacial score (nSPS) is 12.6. The van der Waals surface area contributed by atoms with E-state index in [1.807, 2.05) is 30.3 Å². The van der Waals surface area contributed by atoms with E-state index >= 15 is 0 Å². The molecule has 0 aliphatic carbocycles. The van der Waals surface area contributed by atoms with Crippen LogP contribution in [0, 0.1) is 18.8 Å². The number of rotatable bonds is 6. The summed E-state index contributed by atoms with van der Waals surface area (Å²) in [6.45, 7) is 3.19. The van der Waals surface area contributed by atoms with E-state index in [9.17, 15) is 21.6 Å². The van der Waals surface area contributed by atoms with E-state index < -0.39 is 27.7 Å². The van der Waals surface area contributed by atoms with Gasteiger partial charge in [0.05, 0.1) is 5.56 Å². The maximum absolute atomic E-state index is 13.4. The zero-order chi connectivity index (χ0) is 27.9. The van der Waals surface area contributed by atoms with E-state index in [4.69, 9.17) is 17.3 Å². The molecule has 6 nitrogen and oxygen atoms in total. The van der Waals surface area contributed by atoms with Crippen LogP contribution in [0.25, 0.3) is 0 Å². The van der Waals surface area contributed by atoms with Crippen LogP contribution >= 0.6 is 23.4 Å². The van der Waals surface area contributed by atoms with Gasteiger partial charge in [0.15, 0.2) is 0 Å². The number of nitrogens with zero attached hydrogens (tertiary/aromatic N) is 2. The lowest BCUT2D eigenvalue weighted by Crippen LogP contribution is -2.29. The minimum Gasteiger partial charge on any atom is -0.368 e. The van der Waals surface area contributed by atoms with Gasteiger partial charge in [0.2, 0.25) is 5.96 Å². The van der Waals surface area contributed by atoms with Gasteiger partial charge in [0.25, 0.3) is 10.0 Å². The lowest BCUT2D eigenvalue weighted by molar-refractivity contribution is -0.138. The first-order chi connectivity index (χ1) is 17.9. The van der Waals surface area contributed by atoms with E-state index in [0.29, 0.717) is 11.3 Å². The molecule has 0 bridgehead atoms. The quantitative estimate of drug-likeness (QED) is 0.123. The minimum absolute atomic E-state index is 0.00356. The molecule has 0 saturated heterocycles. The number of benzene rings is 3. The molecule has 3 rings (SSSR count). The number of nitrogens with two attached hydrogens (primary N) is 1. The van der Waals surface area contributed by atoms with Gasteiger partial charge in [-0.3, -0.25) is 0 Å². The Balaban J connectivity index is 1.85. The number of nitrogens with one attached hydrogen (secondary N) is 1. The van der Waals surface area contributed by atoms with E-state index in [-0.39, 0.29) is 26.1 Å². The molecule has 0 aromatic heterocycles. The van der Waals surface area contributed by atoms with Crippen molar-refractivity contribution in [1.29, 1.82) is 0 Å². The number of halogens is 4.